The van der Waals surface area contributed by atoms with Crippen LogP contribution < -0.4 is 11.0 Å². The van der Waals surface area contributed by atoms with E-state index in [4.69, 9.17) is 0 Å². The monoisotopic (exact) mass is 395 g/mol. The van der Waals surface area contributed by atoms with Crippen LogP contribution in [-0.4, -0.2) is 25.3 Å². The van der Waals surface area contributed by atoms with Crippen molar-refractivity contribution in [2.45, 2.75) is 27.3 Å². The van der Waals surface area contributed by atoms with E-state index in [-0.39, 0.29) is 18.0 Å². The molecule has 1 N–H and O–H groups in total. The highest BCUT2D eigenvalue weighted by molar-refractivity contribution is 9.10. The first kappa shape index (κ1) is 15.9. The molecule has 120 valence electrons. The summed E-state index contributed by atoms with van der Waals surface area (Å²) in [5.74, 6) is 0.0915. The highest BCUT2D eigenvalue weighted by atomic mass is 79.9. The predicted octanol–water partition coefficient (Wildman–Crippen LogP) is 2.11. The summed E-state index contributed by atoms with van der Waals surface area (Å²) in [6.07, 6.45) is 1.72. The number of hydrogen-bond acceptors (Lipinski definition) is 5. The lowest BCUT2D eigenvalue weighted by molar-refractivity contribution is -0.117. The molecule has 0 fully saturated rings. The number of aromatic nitrogens is 4. The van der Waals surface area contributed by atoms with Gasteiger partial charge in [-0.15, -0.1) is 11.3 Å². The maximum atomic E-state index is 12.5. The maximum absolute atomic E-state index is 12.5. The zero-order valence-corrected chi connectivity index (χ0v) is 15.2. The van der Waals surface area contributed by atoms with Crippen molar-refractivity contribution in [3.63, 3.8) is 0 Å². The van der Waals surface area contributed by atoms with Gasteiger partial charge in [0.15, 0.2) is 0 Å². The lowest BCUT2D eigenvalue weighted by atomic mass is 10.3. The Balaban J connectivity index is 1.88. The van der Waals surface area contributed by atoms with E-state index in [2.05, 4.69) is 31.4 Å². The van der Waals surface area contributed by atoms with Crippen LogP contribution in [-0.2, 0) is 11.3 Å². The normalized spacial score (nSPS) is 11.1. The summed E-state index contributed by atoms with van der Waals surface area (Å²) in [6, 6.07) is 1.78. The first-order valence-corrected chi connectivity index (χ1v) is 8.45. The number of thiophene rings is 1. The summed E-state index contributed by atoms with van der Waals surface area (Å²) in [5, 5.41) is 4.71. The molecule has 3 heterocycles. The van der Waals surface area contributed by atoms with E-state index in [9.17, 15) is 9.59 Å². The summed E-state index contributed by atoms with van der Waals surface area (Å²) in [6.45, 7) is 5.45. The predicted molar refractivity (Wildman–Crippen MR) is 92.4 cm³/mol. The van der Waals surface area contributed by atoms with Crippen LogP contribution >= 0.6 is 27.3 Å². The molecule has 0 saturated carbocycles. The van der Waals surface area contributed by atoms with Gasteiger partial charge in [0.1, 0.15) is 17.2 Å². The first-order valence-electron chi connectivity index (χ1n) is 6.84. The van der Waals surface area contributed by atoms with Gasteiger partial charge in [-0.05, 0) is 42.8 Å². The number of nitrogens with zero attached hydrogens (tertiary/aromatic N) is 4. The number of nitrogens with one attached hydrogen (secondary N) is 1. The average Bonchev–Trinajstić information content (AvgIpc) is 2.97. The number of fused-ring (bicyclic) bond motifs is 1. The molecule has 23 heavy (non-hydrogen) atoms. The van der Waals surface area contributed by atoms with Crippen LogP contribution in [0.15, 0.2) is 21.5 Å². The van der Waals surface area contributed by atoms with Gasteiger partial charge in [-0.2, -0.15) is 5.10 Å². The van der Waals surface area contributed by atoms with E-state index < -0.39 is 0 Å². The summed E-state index contributed by atoms with van der Waals surface area (Å²) < 4.78 is 3.52. The molecule has 0 unspecified atom stereocenters. The Morgan fingerprint density at radius 1 is 1.39 bits per heavy atom. The number of amides is 1. The molecular formula is C14H14BrN5O2S. The van der Waals surface area contributed by atoms with Crippen LogP contribution in [0.4, 0.5) is 0 Å². The molecule has 0 aromatic carbocycles. The largest absolute Gasteiger partial charge is 0.281 e. The molecule has 0 spiro atoms. The second kappa shape index (κ2) is 5.89. The number of carbonyl (C=O) groups excluding carboxylic acids is 1. The number of rotatable bonds is 3. The zero-order chi connectivity index (χ0) is 16.7. The van der Waals surface area contributed by atoms with Crippen LogP contribution in [0.1, 0.15) is 16.4 Å². The van der Waals surface area contributed by atoms with E-state index in [0.29, 0.717) is 16.0 Å². The van der Waals surface area contributed by atoms with Crippen LogP contribution in [0.3, 0.4) is 0 Å². The molecule has 0 aliphatic heterocycles. The summed E-state index contributed by atoms with van der Waals surface area (Å²) in [7, 11) is 0. The molecule has 3 aromatic heterocycles. The Hall–Kier alpha value is -2.00. The Morgan fingerprint density at radius 3 is 2.78 bits per heavy atom. The molecule has 0 atom stereocenters. The number of carbonyl (C=O) groups is 1. The fraction of sp³-hybridized carbons (Fsp3) is 0.286. The molecule has 0 bridgehead atoms. The second-order valence-electron chi connectivity index (χ2n) is 5.17. The van der Waals surface area contributed by atoms with Gasteiger partial charge < -0.3 is 0 Å². The lowest BCUT2D eigenvalue weighted by Crippen LogP contribution is -2.36. The van der Waals surface area contributed by atoms with Gasteiger partial charge in [0.05, 0.1) is 15.6 Å². The van der Waals surface area contributed by atoms with Crippen molar-refractivity contribution in [2.75, 3.05) is 5.43 Å². The van der Waals surface area contributed by atoms with Gasteiger partial charge in [-0.3, -0.25) is 19.7 Å². The van der Waals surface area contributed by atoms with Crippen LogP contribution in [0, 0.1) is 20.8 Å². The third-order valence-electron chi connectivity index (χ3n) is 3.28. The summed E-state index contributed by atoms with van der Waals surface area (Å²) in [4.78, 5) is 30.7. The quantitative estimate of drug-likeness (QED) is 0.735. The molecule has 9 heteroatoms. The Bertz CT molecular complexity index is 952. The smallest absolute Gasteiger partial charge is 0.271 e. The van der Waals surface area contributed by atoms with Crippen LogP contribution in [0.25, 0.3) is 10.2 Å². The van der Waals surface area contributed by atoms with Gasteiger partial charge in [0, 0.05) is 11.1 Å². The Morgan fingerprint density at radius 2 is 2.13 bits per heavy atom. The molecule has 1 amide bonds. The van der Waals surface area contributed by atoms with Crippen molar-refractivity contribution in [1.82, 2.24) is 19.4 Å². The molecule has 7 nitrogen and oxygen atoms in total. The molecule has 3 rings (SSSR count). The SMILES string of the molecule is Cc1cc2c(=O)n(NC(=O)Cn3cc(Br)c(C)n3)c(C)nc2s1. The van der Waals surface area contributed by atoms with E-state index >= 15 is 0 Å². The minimum atomic E-state index is -0.349. The number of hydrogen-bond donors (Lipinski definition) is 1. The van der Waals surface area contributed by atoms with Crippen molar-refractivity contribution >= 4 is 43.4 Å². The van der Waals surface area contributed by atoms with Crippen molar-refractivity contribution in [3.05, 3.63) is 43.5 Å². The fourth-order valence-corrected chi connectivity index (χ4v) is 3.45. The summed E-state index contributed by atoms with van der Waals surface area (Å²) >= 11 is 4.80. The van der Waals surface area contributed by atoms with E-state index in [0.717, 1.165) is 15.0 Å². The van der Waals surface area contributed by atoms with E-state index in [1.807, 2.05) is 13.8 Å². The topological polar surface area (TPSA) is 81.8 Å². The van der Waals surface area contributed by atoms with Crippen LogP contribution in [0.2, 0.25) is 0 Å². The number of halogens is 1. The Labute approximate surface area is 144 Å². The third-order valence-corrected chi connectivity index (χ3v) is 5.01. The molecule has 0 aliphatic rings. The van der Waals surface area contributed by atoms with Crippen LogP contribution in [0.5, 0.6) is 0 Å². The minimum Gasteiger partial charge on any atom is -0.271 e. The van der Waals surface area contributed by atoms with Crippen molar-refractivity contribution in [3.8, 4) is 0 Å². The van der Waals surface area contributed by atoms with Crippen molar-refractivity contribution in [2.24, 2.45) is 0 Å². The number of aryl methyl sites for hydroxylation is 3. The van der Waals surface area contributed by atoms with Gasteiger partial charge in [-0.25, -0.2) is 9.66 Å². The van der Waals surface area contributed by atoms with Crippen molar-refractivity contribution < 1.29 is 4.79 Å². The standard InChI is InChI=1S/C14H14BrN5O2S/c1-7-4-10-13(23-7)16-9(3)20(14(10)22)18-12(21)6-19-5-11(15)8(2)17-19/h4-5H,6H2,1-3H3,(H,18,21). The molecule has 0 radical (unpaired) electrons. The third kappa shape index (κ3) is 3.06. The lowest BCUT2D eigenvalue weighted by Gasteiger charge is -2.10. The highest BCUT2D eigenvalue weighted by Crippen LogP contribution is 2.20. The van der Waals surface area contributed by atoms with Gasteiger partial charge in [0.2, 0.25) is 0 Å². The Kier molecular flexibility index (Phi) is 4.07. The molecular weight excluding hydrogens is 382 g/mol. The zero-order valence-electron chi connectivity index (χ0n) is 12.8. The van der Waals surface area contributed by atoms with Crippen molar-refractivity contribution in [1.29, 1.82) is 0 Å². The highest BCUT2D eigenvalue weighted by Gasteiger charge is 2.13. The second-order valence-corrected chi connectivity index (χ2v) is 7.26. The minimum absolute atomic E-state index is 0.0129. The molecule has 0 aliphatic carbocycles. The van der Waals surface area contributed by atoms with Gasteiger partial charge >= 0.3 is 0 Å². The molecule has 0 saturated heterocycles. The average molecular weight is 396 g/mol. The first-order chi connectivity index (χ1) is 10.8. The van der Waals surface area contributed by atoms with E-state index in [1.165, 1.54) is 20.7 Å². The van der Waals surface area contributed by atoms with Gasteiger partial charge in [0.25, 0.3) is 11.5 Å². The maximum Gasteiger partial charge on any atom is 0.281 e. The van der Waals surface area contributed by atoms with E-state index in [1.54, 1.807) is 19.2 Å². The van der Waals surface area contributed by atoms with Gasteiger partial charge in [-0.1, -0.05) is 0 Å². The molecule has 3 aromatic rings. The summed E-state index contributed by atoms with van der Waals surface area (Å²) in [5.41, 5.74) is 3.11. The fourth-order valence-electron chi connectivity index (χ4n) is 2.22.